The second-order valence-corrected chi connectivity index (χ2v) is 5.36. The first kappa shape index (κ1) is 14.3. The largest absolute Gasteiger partial charge is 0.334 e. The van der Waals surface area contributed by atoms with Crippen molar-refractivity contribution in [3.8, 4) is 0 Å². The average molecular weight is 297 g/mol. The van der Waals surface area contributed by atoms with Gasteiger partial charge in [0.05, 0.1) is 12.2 Å². The molecule has 6 heteroatoms. The molecule has 3 rings (SSSR count). The van der Waals surface area contributed by atoms with E-state index in [0.29, 0.717) is 5.56 Å². The van der Waals surface area contributed by atoms with E-state index in [2.05, 4.69) is 17.0 Å². The van der Waals surface area contributed by atoms with Gasteiger partial charge in [-0.1, -0.05) is 13.0 Å². The number of amides is 1. The molecular formula is C16H19N5O. The fraction of sp³-hybridized carbons (Fsp3) is 0.312. The Kier molecular flexibility index (Phi) is 3.66. The van der Waals surface area contributed by atoms with Crippen LogP contribution in [-0.2, 0) is 7.05 Å². The van der Waals surface area contributed by atoms with Crippen LogP contribution in [0.3, 0.4) is 0 Å². The van der Waals surface area contributed by atoms with Gasteiger partial charge in [0, 0.05) is 38.9 Å². The summed E-state index contributed by atoms with van der Waals surface area (Å²) in [6, 6.07) is 3.89. The summed E-state index contributed by atoms with van der Waals surface area (Å²) in [4.78, 5) is 18.8. The number of nitrogens with zero attached hydrogens (tertiary/aromatic N) is 5. The Hall–Kier alpha value is -2.63. The highest BCUT2D eigenvalue weighted by molar-refractivity contribution is 5.99. The van der Waals surface area contributed by atoms with E-state index in [4.69, 9.17) is 0 Å². The third kappa shape index (κ3) is 2.26. The van der Waals surface area contributed by atoms with Crippen molar-refractivity contribution in [2.24, 2.45) is 7.05 Å². The van der Waals surface area contributed by atoms with E-state index < -0.39 is 0 Å². The number of hydrogen-bond acceptors (Lipinski definition) is 3. The molecule has 22 heavy (non-hydrogen) atoms. The lowest BCUT2D eigenvalue weighted by Gasteiger charge is -2.27. The van der Waals surface area contributed by atoms with Crippen molar-refractivity contribution in [3.05, 3.63) is 54.2 Å². The second-order valence-electron chi connectivity index (χ2n) is 5.36. The maximum Gasteiger partial charge on any atom is 0.259 e. The van der Waals surface area contributed by atoms with E-state index in [-0.39, 0.29) is 11.9 Å². The van der Waals surface area contributed by atoms with Gasteiger partial charge in [0.2, 0.25) is 0 Å². The summed E-state index contributed by atoms with van der Waals surface area (Å²) in [5.74, 6) is -0.0347. The monoisotopic (exact) mass is 297 g/mol. The van der Waals surface area contributed by atoms with Gasteiger partial charge in [0.15, 0.2) is 0 Å². The molecular weight excluding hydrogens is 278 g/mol. The maximum absolute atomic E-state index is 12.9. The van der Waals surface area contributed by atoms with E-state index in [1.54, 1.807) is 21.8 Å². The highest BCUT2D eigenvalue weighted by Gasteiger charge is 2.24. The van der Waals surface area contributed by atoms with Crippen molar-refractivity contribution in [1.82, 2.24) is 24.1 Å². The topological polar surface area (TPSA) is 55.4 Å². The zero-order valence-electron chi connectivity index (χ0n) is 13.0. The van der Waals surface area contributed by atoms with Crippen molar-refractivity contribution in [1.29, 1.82) is 0 Å². The van der Waals surface area contributed by atoms with Gasteiger partial charge in [-0.3, -0.25) is 9.78 Å². The number of aryl methyl sites for hydroxylation is 1. The van der Waals surface area contributed by atoms with Crippen LogP contribution in [-0.4, -0.2) is 37.0 Å². The highest BCUT2D eigenvalue weighted by atomic mass is 16.2. The SMILES string of the molecule is CCC(c1cccnc1)N(C)C(=O)c1cnn2ccn(C)c12. The summed E-state index contributed by atoms with van der Waals surface area (Å²) in [7, 11) is 3.74. The van der Waals surface area contributed by atoms with E-state index in [1.807, 2.05) is 49.4 Å². The molecule has 0 spiro atoms. The predicted octanol–water partition coefficient (Wildman–Crippen LogP) is 2.29. The summed E-state index contributed by atoms with van der Waals surface area (Å²) in [6.07, 6.45) is 9.73. The van der Waals surface area contributed by atoms with E-state index in [0.717, 1.165) is 17.6 Å². The van der Waals surface area contributed by atoms with Gasteiger partial charge in [-0.2, -0.15) is 5.10 Å². The summed E-state index contributed by atoms with van der Waals surface area (Å²) in [5, 5.41) is 4.24. The molecule has 0 N–H and O–H groups in total. The van der Waals surface area contributed by atoms with Crippen LogP contribution in [0, 0.1) is 0 Å². The number of aromatic nitrogens is 4. The molecule has 0 fully saturated rings. The standard InChI is InChI=1S/C16H19N5O/c1-4-14(12-6-5-7-17-10-12)20(3)16(22)13-11-18-21-9-8-19(2)15(13)21/h5-11,14H,4H2,1-3H3. The molecule has 0 bridgehead atoms. The predicted molar refractivity (Wildman–Crippen MR) is 83.5 cm³/mol. The second kappa shape index (κ2) is 5.63. The number of fused-ring (bicyclic) bond motifs is 1. The Morgan fingerprint density at radius 2 is 2.18 bits per heavy atom. The lowest BCUT2D eigenvalue weighted by Crippen LogP contribution is -2.31. The van der Waals surface area contributed by atoms with Gasteiger partial charge in [0.1, 0.15) is 11.2 Å². The summed E-state index contributed by atoms with van der Waals surface area (Å²) in [6.45, 7) is 2.07. The number of pyridine rings is 1. The minimum atomic E-state index is -0.0347. The molecule has 3 aromatic rings. The number of rotatable bonds is 4. The Labute approximate surface area is 129 Å². The van der Waals surface area contributed by atoms with Crippen LogP contribution in [0.5, 0.6) is 0 Å². The number of carbonyl (C=O) groups is 1. The maximum atomic E-state index is 12.9. The van der Waals surface area contributed by atoms with E-state index in [1.165, 1.54) is 0 Å². The van der Waals surface area contributed by atoms with Crippen LogP contribution in [0.25, 0.3) is 5.65 Å². The molecule has 1 unspecified atom stereocenters. The molecule has 114 valence electrons. The van der Waals surface area contributed by atoms with Crippen molar-refractivity contribution >= 4 is 11.6 Å². The van der Waals surface area contributed by atoms with Gasteiger partial charge in [-0.25, -0.2) is 4.52 Å². The molecule has 3 heterocycles. The quantitative estimate of drug-likeness (QED) is 0.742. The highest BCUT2D eigenvalue weighted by Crippen LogP contribution is 2.24. The minimum Gasteiger partial charge on any atom is -0.334 e. The van der Waals surface area contributed by atoms with Gasteiger partial charge in [0.25, 0.3) is 5.91 Å². The lowest BCUT2D eigenvalue weighted by atomic mass is 10.0. The molecule has 0 aromatic carbocycles. The van der Waals surface area contributed by atoms with Crippen molar-refractivity contribution in [2.45, 2.75) is 19.4 Å². The summed E-state index contributed by atoms with van der Waals surface area (Å²) < 4.78 is 3.62. The fourth-order valence-electron chi connectivity index (χ4n) is 2.84. The van der Waals surface area contributed by atoms with Crippen LogP contribution in [0.15, 0.2) is 43.1 Å². The molecule has 0 saturated carbocycles. The zero-order valence-corrected chi connectivity index (χ0v) is 13.0. The Bertz CT molecular complexity index is 789. The lowest BCUT2D eigenvalue weighted by molar-refractivity contribution is 0.0727. The van der Waals surface area contributed by atoms with Crippen LogP contribution in [0.2, 0.25) is 0 Å². The number of hydrogen-bond donors (Lipinski definition) is 0. The molecule has 1 atom stereocenters. The van der Waals surface area contributed by atoms with Gasteiger partial charge in [-0.15, -0.1) is 0 Å². The van der Waals surface area contributed by atoms with Crippen molar-refractivity contribution in [3.63, 3.8) is 0 Å². The van der Waals surface area contributed by atoms with E-state index >= 15 is 0 Å². The molecule has 0 aliphatic carbocycles. The Morgan fingerprint density at radius 3 is 2.86 bits per heavy atom. The van der Waals surface area contributed by atoms with Crippen LogP contribution < -0.4 is 0 Å². The summed E-state index contributed by atoms with van der Waals surface area (Å²) in [5.41, 5.74) is 2.45. The Balaban J connectivity index is 1.95. The Morgan fingerprint density at radius 1 is 1.36 bits per heavy atom. The third-order valence-electron chi connectivity index (χ3n) is 4.01. The first-order valence-corrected chi connectivity index (χ1v) is 7.29. The van der Waals surface area contributed by atoms with Crippen molar-refractivity contribution in [2.75, 3.05) is 7.05 Å². The molecule has 1 amide bonds. The molecule has 0 radical (unpaired) electrons. The third-order valence-corrected chi connectivity index (χ3v) is 4.01. The first-order valence-electron chi connectivity index (χ1n) is 7.29. The summed E-state index contributed by atoms with van der Waals surface area (Å²) >= 11 is 0. The first-order chi connectivity index (χ1) is 10.6. The number of carbonyl (C=O) groups excluding carboxylic acids is 1. The average Bonchev–Trinajstić information content (AvgIpc) is 3.12. The molecule has 0 saturated heterocycles. The molecule has 6 nitrogen and oxygen atoms in total. The minimum absolute atomic E-state index is 0.00332. The van der Waals surface area contributed by atoms with Gasteiger partial charge >= 0.3 is 0 Å². The van der Waals surface area contributed by atoms with E-state index in [9.17, 15) is 4.79 Å². The smallest absolute Gasteiger partial charge is 0.259 e. The zero-order chi connectivity index (χ0) is 15.7. The number of imidazole rings is 1. The van der Waals surface area contributed by atoms with Gasteiger partial charge < -0.3 is 9.47 Å². The molecule has 0 aliphatic heterocycles. The normalized spacial score (nSPS) is 12.5. The van der Waals surface area contributed by atoms with Gasteiger partial charge in [-0.05, 0) is 18.1 Å². The fourth-order valence-corrected chi connectivity index (χ4v) is 2.84. The van der Waals surface area contributed by atoms with Crippen LogP contribution in [0.4, 0.5) is 0 Å². The van der Waals surface area contributed by atoms with Crippen LogP contribution >= 0.6 is 0 Å². The molecule has 3 aromatic heterocycles. The van der Waals surface area contributed by atoms with Crippen molar-refractivity contribution < 1.29 is 4.79 Å². The molecule has 0 aliphatic rings. The van der Waals surface area contributed by atoms with Crippen LogP contribution in [0.1, 0.15) is 35.3 Å².